The van der Waals surface area contributed by atoms with E-state index in [0.717, 1.165) is 15.9 Å². The van der Waals surface area contributed by atoms with Gasteiger partial charge in [0.05, 0.1) is 16.2 Å². The number of Topliss-reactive ketones (excluding diaryl/α,β-unsaturated/α-hetero) is 1. The number of fused-ring (bicyclic) bond motifs is 1. The lowest BCUT2D eigenvalue weighted by atomic mass is 10.1. The Kier molecular flexibility index (Phi) is 7.50. The zero-order valence-electron chi connectivity index (χ0n) is 22.4. The second-order valence-electron chi connectivity index (χ2n) is 9.60. The van der Waals surface area contributed by atoms with Crippen LogP contribution in [0.15, 0.2) is 160 Å². The molecule has 6 aromatic rings. The van der Waals surface area contributed by atoms with Crippen LogP contribution >= 0.6 is 7.26 Å². The molecular formula is C34H25N3O4P+. The van der Waals surface area contributed by atoms with Crippen molar-refractivity contribution in [3.8, 4) is 0 Å². The third-order valence-corrected chi connectivity index (χ3v) is 11.6. The molecule has 6 rings (SSSR count). The number of rotatable bonds is 9. The van der Waals surface area contributed by atoms with Crippen molar-refractivity contribution in [1.29, 1.82) is 0 Å². The minimum atomic E-state index is -2.86. The zero-order chi connectivity index (χ0) is 28.9. The van der Waals surface area contributed by atoms with Gasteiger partial charge in [-0.1, -0.05) is 72.8 Å². The van der Waals surface area contributed by atoms with E-state index in [2.05, 4.69) is 5.11 Å². The van der Waals surface area contributed by atoms with Crippen molar-refractivity contribution in [1.82, 2.24) is 0 Å². The minimum absolute atomic E-state index is 0.0499. The number of para-hydroxylation sites is 1. The summed E-state index contributed by atoms with van der Waals surface area (Å²) < 4.78 is 5.80. The number of hydrogen-bond acceptors (Lipinski definition) is 6. The molecule has 204 valence electrons. The highest BCUT2D eigenvalue weighted by atomic mass is 31.2. The van der Waals surface area contributed by atoms with Crippen LogP contribution in [0.4, 0.5) is 11.4 Å². The van der Waals surface area contributed by atoms with Gasteiger partial charge in [0, 0.05) is 17.5 Å². The van der Waals surface area contributed by atoms with Gasteiger partial charge in [0.25, 0.3) is 11.5 Å². The molecular weight excluding hydrogens is 545 g/mol. The Labute approximate surface area is 242 Å². The molecule has 0 saturated heterocycles. The summed E-state index contributed by atoms with van der Waals surface area (Å²) in [6, 6.07) is 43.2. The summed E-state index contributed by atoms with van der Waals surface area (Å²) in [5.41, 5.74) is 1.38. The van der Waals surface area contributed by atoms with Crippen LogP contribution in [0.2, 0.25) is 0 Å². The molecule has 5 aromatic carbocycles. The number of nitro groups is 1. The summed E-state index contributed by atoms with van der Waals surface area (Å²) in [6.07, 6.45) is 1.50. The number of nitro benzene ring substituents is 1. The normalized spacial score (nSPS) is 12.4. The van der Waals surface area contributed by atoms with Crippen LogP contribution in [0.5, 0.6) is 0 Å². The number of non-ortho nitro benzene ring substituents is 1. The van der Waals surface area contributed by atoms with Gasteiger partial charge in [0.1, 0.15) is 35.0 Å². The smallest absolute Gasteiger partial charge is 0.269 e. The van der Waals surface area contributed by atoms with Gasteiger partial charge in [0.2, 0.25) is 5.78 Å². The first-order valence-corrected chi connectivity index (χ1v) is 15.2. The molecule has 1 aromatic heterocycles. The summed E-state index contributed by atoms with van der Waals surface area (Å²) in [6.45, 7) is 0. The van der Waals surface area contributed by atoms with E-state index in [-0.39, 0.29) is 11.5 Å². The Bertz CT molecular complexity index is 1780. The maximum Gasteiger partial charge on any atom is 0.269 e. The fourth-order valence-electron chi connectivity index (χ4n) is 5.24. The molecule has 0 aliphatic carbocycles. The fraction of sp³-hybridized carbons (Fsp3) is 0.0294. The summed E-state index contributed by atoms with van der Waals surface area (Å²) in [5, 5.41) is 24.2. The molecule has 0 spiro atoms. The Morgan fingerprint density at radius 1 is 0.690 bits per heavy atom. The van der Waals surface area contributed by atoms with Gasteiger partial charge >= 0.3 is 0 Å². The molecule has 42 heavy (non-hydrogen) atoms. The van der Waals surface area contributed by atoms with Crippen LogP contribution in [0, 0.1) is 10.1 Å². The van der Waals surface area contributed by atoms with Crippen molar-refractivity contribution in [3.05, 3.63) is 161 Å². The first-order chi connectivity index (χ1) is 20.6. The Balaban J connectivity index is 1.64. The van der Waals surface area contributed by atoms with E-state index in [1.54, 1.807) is 0 Å². The van der Waals surface area contributed by atoms with E-state index < -0.39 is 18.0 Å². The van der Waals surface area contributed by atoms with Crippen molar-refractivity contribution in [2.45, 2.75) is 5.78 Å². The van der Waals surface area contributed by atoms with E-state index in [9.17, 15) is 14.9 Å². The average molecular weight is 571 g/mol. The molecule has 0 radical (unpaired) electrons. The van der Waals surface area contributed by atoms with Gasteiger partial charge in [-0.15, -0.1) is 5.11 Å². The zero-order valence-corrected chi connectivity index (χ0v) is 23.3. The van der Waals surface area contributed by atoms with Crippen molar-refractivity contribution >= 4 is 51.3 Å². The van der Waals surface area contributed by atoms with Crippen LogP contribution < -0.4 is 15.9 Å². The molecule has 0 N–H and O–H groups in total. The molecule has 0 fully saturated rings. The maximum atomic E-state index is 14.9. The molecule has 0 amide bonds. The molecule has 0 saturated carbocycles. The van der Waals surface area contributed by atoms with E-state index in [0.29, 0.717) is 22.2 Å². The molecule has 0 aliphatic rings. The van der Waals surface area contributed by atoms with Crippen LogP contribution in [0.3, 0.4) is 0 Å². The third-order valence-electron chi connectivity index (χ3n) is 7.18. The molecule has 0 aliphatic heterocycles. The summed E-state index contributed by atoms with van der Waals surface area (Å²) in [5.74, 6) is -1.20. The van der Waals surface area contributed by atoms with Crippen LogP contribution in [0.1, 0.15) is 10.4 Å². The predicted octanol–water partition coefficient (Wildman–Crippen LogP) is 7.63. The predicted molar refractivity (Wildman–Crippen MR) is 167 cm³/mol. The standard InChI is InChI=1S/C34H25N3O4P/c38-33(31-24-41-32-19-11-10-18-30(31)32)34(36-35-25-20-22-26(23-21-25)37(39)40)42(27-12-4-1-5-13-27,28-14-6-2-7-15-28)29-16-8-3-9-17-29/h1-24,34H/q+1/t34-/m1/s1. The van der Waals surface area contributed by atoms with Crippen molar-refractivity contribution in [2.75, 3.05) is 0 Å². The van der Waals surface area contributed by atoms with Gasteiger partial charge < -0.3 is 4.42 Å². The van der Waals surface area contributed by atoms with Gasteiger partial charge in [-0.25, -0.2) is 0 Å². The van der Waals surface area contributed by atoms with Gasteiger partial charge in [-0.05, 0) is 54.6 Å². The summed E-state index contributed by atoms with van der Waals surface area (Å²) in [4.78, 5) is 25.6. The van der Waals surface area contributed by atoms with Crippen molar-refractivity contribution < 1.29 is 14.1 Å². The van der Waals surface area contributed by atoms with Gasteiger partial charge in [-0.3, -0.25) is 14.9 Å². The topological polar surface area (TPSA) is 98.1 Å². The van der Waals surface area contributed by atoms with E-state index in [1.807, 2.05) is 115 Å². The van der Waals surface area contributed by atoms with Crippen molar-refractivity contribution in [2.24, 2.45) is 10.2 Å². The van der Waals surface area contributed by atoms with E-state index in [4.69, 9.17) is 9.53 Å². The number of nitrogens with zero attached hydrogens (tertiary/aromatic N) is 3. The lowest BCUT2D eigenvalue weighted by molar-refractivity contribution is -0.384. The largest absolute Gasteiger partial charge is 0.464 e. The lowest BCUT2D eigenvalue weighted by Crippen LogP contribution is -2.41. The Morgan fingerprint density at radius 3 is 1.71 bits per heavy atom. The van der Waals surface area contributed by atoms with Gasteiger partial charge in [0.15, 0.2) is 0 Å². The molecule has 1 heterocycles. The third kappa shape index (κ3) is 4.91. The number of carbonyl (C=O) groups excluding carboxylic acids is 1. The highest BCUT2D eigenvalue weighted by Crippen LogP contribution is 2.61. The number of furan rings is 1. The quantitative estimate of drug-likeness (QED) is 0.0587. The first-order valence-electron chi connectivity index (χ1n) is 13.3. The number of ketones is 1. The SMILES string of the molecule is O=C(c1coc2ccccc12)[C@H](N=Nc1ccc([N+](=O)[O-])cc1)[P+](c1ccccc1)(c1ccccc1)c1ccccc1. The van der Waals surface area contributed by atoms with E-state index in [1.165, 1.54) is 30.5 Å². The number of benzene rings is 5. The average Bonchev–Trinajstić information content (AvgIpc) is 3.49. The van der Waals surface area contributed by atoms with Crippen LogP contribution in [-0.2, 0) is 0 Å². The second kappa shape index (κ2) is 11.7. The Hall–Kier alpha value is -5.26. The lowest BCUT2D eigenvalue weighted by Gasteiger charge is -2.31. The van der Waals surface area contributed by atoms with Crippen molar-refractivity contribution in [3.63, 3.8) is 0 Å². The van der Waals surface area contributed by atoms with Crippen LogP contribution in [-0.4, -0.2) is 16.5 Å². The highest BCUT2D eigenvalue weighted by molar-refractivity contribution is 7.96. The minimum Gasteiger partial charge on any atom is -0.464 e. The molecule has 1 atom stereocenters. The Morgan fingerprint density at radius 2 is 1.19 bits per heavy atom. The molecule has 7 nitrogen and oxygen atoms in total. The number of hydrogen-bond donors (Lipinski definition) is 0. The first kappa shape index (κ1) is 26.9. The number of carbonyl (C=O) groups is 1. The molecule has 8 heteroatoms. The molecule has 0 unspecified atom stereocenters. The summed E-state index contributed by atoms with van der Waals surface area (Å²) in [7, 11) is -2.86. The fourth-order valence-corrected chi connectivity index (χ4v) is 9.60. The monoisotopic (exact) mass is 570 g/mol. The van der Waals surface area contributed by atoms with E-state index >= 15 is 0 Å². The maximum absolute atomic E-state index is 14.9. The van der Waals surface area contributed by atoms with Gasteiger partial charge in [-0.2, -0.15) is 5.11 Å². The number of azo groups is 1. The highest BCUT2D eigenvalue weighted by Gasteiger charge is 2.57. The van der Waals surface area contributed by atoms with Crippen LogP contribution in [0.25, 0.3) is 11.0 Å². The second-order valence-corrected chi connectivity index (χ2v) is 13.1. The summed E-state index contributed by atoms with van der Waals surface area (Å²) >= 11 is 0. The molecule has 0 bridgehead atoms.